The highest BCUT2D eigenvalue weighted by Crippen LogP contribution is 2.34. The SMILES string of the molecule is N#Cc1ccc(Cl)cc1N(CC(=O)O)C1CC1. The Kier molecular flexibility index (Phi) is 3.21. The highest BCUT2D eigenvalue weighted by molar-refractivity contribution is 6.30. The van der Waals surface area contributed by atoms with E-state index in [2.05, 4.69) is 6.07 Å². The van der Waals surface area contributed by atoms with Crippen LogP contribution in [-0.4, -0.2) is 23.7 Å². The van der Waals surface area contributed by atoms with Gasteiger partial charge >= 0.3 is 5.97 Å². The number of rotatable bonds is 4. The van der Waals surface area contributed by atoms with Crippen LogP contribution in [0.1, 0.15) is 18.4 Å². The second-order valence-corrected chi connectivity index (χ2v) is 4.46. The Morgan fingerprint density at radius 3 is 2.82 bits per heavy atom. The number of carboxylic acid groups (broad SMARTS) is 1. The van der Waals surface area contributed by atoms with Crippen LogP contribution >= 0.6 is 11.6 Å². The van der Waals surface area contributed by atoms with Crippen LogP contribution in [0.5, 0.6) is 0 Å². The number of carbonyl (C=O) groups is 1. The summed E-state index contributed by atoms with van der Waals surface area (Å²) in [5.74, 6) is -0.902. The topological polar surface area (TPSA) is 64.3 Å². The van der Waals surface area contributed by atoms with Crippen molar-refractivity contribution in [2.24, 2.45) is 0 Å². The fourth-order valence-electron chi connectivity index (χ4n) is 1.78. The minimum absolute atomic E-state index is 0.0975. The summed E-state index contributed by atoms with van der Waals surface area (Å²) in [6.07, 6.45) is 1.93. The first-order chi connectivity index (χ1) is 8.11. The minimum Gasteiger partial charge on any atom is -0.480 e. The molecule has 4 nitrogen and oxygen atoms in total. The van der Waals surface area contributed by atoms with Gasteiger partial charge in [-0.15, -0.1) is 0 Å². The van der Waals surface area contributed by atoms with Gasteiger partial charge in [0.2, 0.25) is 0 Å². The summed E-state index contributed by atoms with van der Waals surface area (Å²) >= 11 is 5.90. The van der Waals surface area contributed by atoms with Crippen LogP contribution in [0.3, 0.4) is 0 Å². The smallest absolute Gasteiger partial charge is 0.323 e. The Morgan fingerprint density at radius 2 is 2.29 bits per heavy atom. The van der Waals surface area contributed by atoms with Crippen LogP contribution in [0, 0.1) is 11.3 Å². The summed E-state index contributed by atoms with van der Waals surface area (Å²) in [6.45, 7) is -0.0975. The van der Waals surface area contributed by atoms with Crippen LogP contribution in [0.25, 0.3) is 0 Å². The van der Waals surface area contributed by atoms with Crippen molar-refractivity contribution in [2.75, 3.05) is 11.4 Å². The van der Waals surface area contributed by atoms with Gasteiger partial charge in [0.15, 0.2) is 0 Å². The van der Waals surface area contributed by atoms with E-state index < -0.39 is 5.97 Å². The molecule has 0 aliphatic heterocycles. The largest absolute Gasteiger partial charge is 0.480 e. The number of nitrogens with zero attached hydrogens (tertiary/aromatic N) is 2. The maximum Gasteiger partial charge on any atom is 0.323 e. The molecular weight excluding hydrogens is 240 g/mol. The molecule has 1 aliphatic rings. The van der Waals surface area contributed by atoms with Crippen LogP contribution in [0.4, 0.5) is 5.69 Å². The Morgan fingerprint density at radius 1 is 1.59 bits per heavy atom. The van der Waals surface area contributed by atoms with Gasteiger partial charge in [-0.2, -0.15) is 5.26 Å². The fraction of sp³-hybridized carbons (Fsp3) is 0.333. The molecule has 0 spiro atoms. The number of halogens is 1. The van der Waals surface area contributed by atoms with Gasteiger partial charge in [-0.05, 0) is 31.0 Å². The van der Waals surface area contributed by atoms with E-state index in [-0.39, 0.29) is 12.6 Å². The number of anilines is 1. The van der Waals surface area contributed by atoms with Gasteiger partial charge in [-0.3, -0.25) is 4.79 Å². The van der Waals surface area contributed by atoms with Crippen LogP contribution < -0.4 is 4.90 Å². The van der Waals surface area contributed by atoms with Gasteiger partial charge in [0, 0.05) is 11.1 Å². The van der Waals surface area contributed by atoms with E-state index in [0.29, 0.717) is 16.3 Å². The molecule has 0 aromatic heterocycles. The van der Waals surface area contributed by atoms with E-state index in [9.17, 15) is 4.79 Å². The van der Waals surface area contributed by atoms with Crippen molar-refractivity contribution in [3.05, 3.63) is 28.8 Å². The molecule has 1 N–H and O–H groups in total. The molecule has 0 bridgehead atoms. The number of benzene rings is 1. The molecule has 5 heteroatoms. The molecule has 2 rings (SSSR count). The number of aliphatic carboxylic acids is 1. The quantitative estimate of drug-likeness (QED) is 0.890. The number of carboxylic acids is 1. The molecule has 88 valence electrons. The second-order valence-electron chi connectivity index (χ2n) is 4.03. The van der Waals surface area contributed by atoms with Crippen molar-refractivity contribution < 1.29 is 9.90 Å². The van der Waals surface area contributed by atoms with Gasteiger partial charge < -0.3 is 10.0 Å². The molecule has 0 amide bonds. The maximum absolute atomic E-state index is 10.8. The van der Waals surface area contributed by atoms with E-state index in [0.717, 1.165) is 12.8 Å². The highest BCUT2D eigenvalue weighted by atomic mass is 35.5. The fourth-order valence-corrected chi connectivity index (χ4v) is 1.95. The van der Waals surface area contributed by atoms with Crippen molar-refractivity contribution in [1.29, 1.82) is 5.26 Å². The maximum atomic E-state index is 10.8. The first-order valence-corrected chi connectivity index (χ1v) is 5.67. The van der Waals surface area contributed by atoms with Crippen molar-refractivity contribution >= 4 is 23.3 Å². The van der Waals surface area contributed by atoms with Crippen molar-refractivity contribution in [3.8, 4) is 6.07 Å². The molecule has 0 atom stereocenters. The summed E-state index contributed by atoms with van der Waals surface area (Å²) in [6, 6.07) is 7.19. The van der Waals surface area contributed by atoms with Crippen LogP contribution in [0.15, 0.2) is 18.2 Å². The van der Waals surface area contributed by atoms with Gasteiger partial charge in [0.25, 0.3) is 0 Å². The third-order valence-electron chi connectivity index (χ3n) is 2.68. The lowest BCUT2D eigenvalue weighted by Crippen LogP contribution is -2.32. The molecule has 0 unspecified atom stereocenters. The molecular formula is C12H11ClN2O2. The molecule has 0 radical (unpaired) electrons. The van der Waals surface area contributed by atoms with Gasteiger partial charge in [-0.1, -0.05) is 11.6 Å². The molecule has 1 saturated carbocycles. The summed E-state index contributed by atoms with van der Waals surface area (Å²) in [5.41, 5.74) is 1.08. The lowest BCUT2D eigenvalue weighted by molar-refractivity contribution is -0.135. The average molecular weight is 251 g/mol. The van der Waals surface area contributed by atoms with E-state index in [1.807, 2.05) is 0 Å². The number of hydrogen-bond donors (Lipinski definition) is 1. The zero-order valence-electron chi connectivity index (χ0n) is 9.06. The number of hydrogen-bond acceptors (Lipinski definition) is 3. The summed E-state index contributed by atoms with van der Waals surface area (Å²) in [5, 5.41) is 18.4. The molecule has 1 aromatic rings. The Balaban J connectivity index is 2.37. The average Bonchev–Trinajstić information content (AvgIpc) is 3.09. The van der Waals surface area contributed by atoms with Crippen molar-refractivity contribution in [1.82, 2.24) is 0 Å². The molecule has 0 saturated heterocycles. The Labute approximate surface area is 104 Å². The molecule has 1 aromatic carbocycles. The molecule has 17 heavy (non-hydrogen) atoms. The monoisotopic (exact) mass is 250 g/mol. The third-order valence-corrected chi connectivity index (χ3v) is 2.92. The highest BCUT2D eigenvalue weighted by Gasteiger charge is 2.31. The number of nitriles is 1. The molecule has 1 fully saturated rings. The van der Waals surface area contributed by atoms with Gasteiger partial charge in [-0.25, -0.2) is 0 Å². The van der Waals surface area contributed by atoms with Crippen molar-refractivity contribution in [3.63, 3.8) is 0 Å². The third kappa shape index (κ3) is 2.69. The Bertz CT molecular complexity index is 492. The van der Waals surface area contributed by atoms with E-state index >= 15 is 0 Å². The Hall–Kier alpha value is -1.73. The van der Waals surface area contributed by atoms with Crippen molar-refractivity contribution in [2.45, 2.75) is 18.9 Å². The first-order valence-electron chi connectivity index (χ1n) is 5.30. The zero-order valence-corrected chi connectivity index (χ0v) is 9.81. The predicted molar refractivity (Wildman–Crippen MR) is 64.2 cm³/mol. The van der Waals surface area contributed by atoms with Crippen LogP contribution in [-0.2, 0) is 4.79 Å². The minimum atomic E-state index is -0.902. The predicted octanol–water partition coefficient (Wildman–Crippen LogP) is 2.27. The van der Waals surface area contributed by atoms with E-state index in [1.165, 1.54) is 0 Å². The van der Waals surface area contributed by atoms with Gasteiger partial charge in [0.05, 0.1) is 11.3 Å². The normalized spacial score (nSPS) is 14.1. The lowest BCUT2D eigenvalue weighted by Gasteiger charge is -2.23. The second kappa shape index (κ2) is 4.64. The standard InChI is InChI=1S/C12H11ClN2O2/c13-9-2-1-8(6-14)11(5-9)15(7-12(16)17)10-3-4-10/h1-2,5,10H,3-4,7H2,(H,16,17). The van der Waals surface area contributed by atoms with Crippen LogP contribution in [0.2, 0.25) is 5.02 Å². The summed E-state index contributed by atoms with van der Waals surface area (Å²) < 4.78 is 0. The molecule has 1 aliphatic carbocycles. The zero-order chi connectivity index (χ0) is 12.4. The first kappa shape index (κ1) is 11.7. The molecule has 0 heterocycles. The van der Waals surface area contributed by atoms with E-state index in [4.69, 9.17) is 22.0 Å². The van der Waals surface area contributed by atoms with E-state index in [1.54, 1.807) is 23.1 Å². The lowest BCUT2D eigenvalue weighted by atomic mass is 10.1. The van der Waals surface area contributed by atoms with Gasteiger partial charge in [0.1, 0.15) is 12.6 Å². The summed E-state index contributed by atoms with van der Waals surface area (Å²) in [7, 11) is 0. The summed E-state index contributed by atoms with van der Waals surface area (Å²) in [4.78, 5) is 12.6.